The second-order valence-corrected chi connectivity index (χ2v) is 15.1. The number of fused-ring (bicyclic) bond motifs is 5. The largest absolute Gasteiger partial charge is 0.748 e. The van der Waals surface area contributed by atoms with Crippen molar-refractivity contribution in [3.05, 3.63) is 58.3 Å². The second kappa shape index (κ2) is 8.81. The molecule has 0 radical (unpaired) electrons. The maximum atomic E-state index is 14.2. The van der Waals surface area contributed by atoms with Crippen molar-refractivity contribution >= 4 is 86.1 Å². The van der Waals surface area contributed by atoms with E-state index in [2.05, 4.69) is 0 Å². The molecule has 0 aliphatic carbocycles. The van der Waals surface area contributed by atoms with Crippen molar-refractivity contribution in [1.82, 2.24) is 4.48 Å². The molecule has 0 N–H and O–H groups in total. The molecule has 2 aromatic carbocycles. The SMILES string of the molecule is O=S(=O)([O-])CCC[n+]1c(C=C2Sc3ccc(F)cc3[N+]23CCC3S(=O)(=O)[O-])sc2c3ccccc3sc21. The molecule has 4 heterocycles. The molecule has 0 saturated carbocycles. The van der Waals surface area contributed by atoms with Crippen molar-refractivity contribution in [1.29, 1.82) is 0 Å². The molecule has 2 atom stereocenters. The molecule has 2 unspecified atom stereocenters. The van der Waals surface area contributed by atoms with Gasteiger partial charge in [-0.1, -0.05) is 40.9 Å². The molecule has 1 fully saturated rings. The number of quaternary nitrogens is 1. The van der Waals surface area contributed by atoms with Gasteiger partial charge in [-0.05, 0) is 30.0 Å². The zero-order chi connectivity index (χ0) is 26.2. The van der Waals surface area contributed by atoms with Crippen molar-refractivity contribution in [3.63, 3.8) is 0 Å². The number of aryl methyl sites for hydroxylation is 1. The Hall–Kier alpha value is -1.91. The highest BCUT2D eigenvalue weighted by atomic mass is 32.2. The molecule has 37 heavy (non-hydrogen) atoms. The average molecular weight is 599 g/mol. The number of thioether (sulfide) groups is 1. The lowest BCUT2D eigenvalue weighted by atomic mass is 10.1. The zero-order valence-corrected chi connectivity index (χ0v) is 23.1. The summed E-state index contributed by atoms with van der Waals surface area (Å²) in [5.41, 5.74) is 0.458. The molecule has 6 rings (SSSR count). The van der Waals surface area contributed by atoms with Gasteiger partial charge in [0.25, 0.3) is 9.84 Å². The molecule has 14 heteroatoms. The van der Waals surface area contributed by atoms with Crippen LogP contribution in [0.5, 0.6) is 0 Å². The number of hydrogen-bond donors (Lipinski definition) is 0. The fourth-order valence-corrected chi connectivity index (χ4v) is 10.9. The van der Waals surface area contributed by atoms with Gasteiger partial charge in [0.1, 0.15) is 10.5 Å². The van der Waals surface area contributed by atoms with Crippen LogP contribution in [0.25, 0.3) is 25.7 Å². The van der Waals surface area contributed by atoms with E-state index >= 15 is 0 Å². The van der Waals surface area contributed by atoms with Gasteiger partial charge in [0.05, 0.1) is 34.1 Å². The van der Waals surface area contributed by atoms with Crippen LogP contribution in [0.2, 0.25) is 0 Å². The molecule has 2 aliphatic rings. The van der Waals surface area contributed by atoms with E-state index < -0.39 is 37.2 Å². The summed E-state index contributed by atoms with van der Waals surface area (Å²) in [5, 5.41) is 1.12. The molecule has 1 spiro atoms. The summed E-state index contributed by atoms with van der Waals surface area (Å²) in [6.07, 6.45) is 2.12. The van der Waals surface area contributed by atoms with Crippen LogP contribution in [0.1, 0.15) is 17.8 Å². The maximum Gasteiger partial charge on any atom is 0.281 e. The van der Waals surface area contributed by atoms with Gasteiger partial charge in [-0.25, -0.2) is 25.7 Å². The van der Waals surface area contributed by atoms with Crippen LogP contribution < -0.4 is 9.05 Å². The monoisotopic (exact) mass is 598 g/mol. The summed E-state index contributed by atoms with van der Waals surface area (Å²) in [4.78, 5) is 1.60. The molecular weight excluding hydrogens is 580 g/mol. The number of rotatable bonds is 6. The van der Waals surface area contributed by atoms with Crippen molar-refractivity contribution in [2.24, 2.45) is 0 Å². The second-order valence-electron chi connectivity index (χ2n) is 8.97. The van der Waals surface area contributed by atoms with Crippen LogP contribution >= 0.6 is 34.4 Å². The summed E-state index contributed by atoms with van der Waals surface area (Å²) in [6.45, 7) is 0.613. The fraction of sp³-hybridized carbons (Fsp3) is 0.261. The third-order valence-corrected chi connectivity index (χ3v) is 12.5. The first-order chi connectivity index (χ1) is 17.5. The van der Waals surface area contributed by atoms with E-state index in [9.17, 15) is 30.3 Å². The van der Waals surface area contributed by atoms with E-state index in [0.717, 1.165) is 24.6 Å². The van der Waals surface area contributed by atoms with Crippen LogP contribution in [0.4, 0.5) is 10.1 Å². The average Bonchev–Trinajstić information content (AvgIpc) is 3.40. The van der Waals surface area contributed by atoms with Gasteiger partial charge in [-0.3, -0.25) is 0 Å². The van der Waals surface area contributed by atoms with E-state index in [4.69, 9.17) is 0 Å². The van der Waals surface area contributed by atoms with E-state index in [1.165, 1.54) is 35.2 Å². The summed E-state index contributed by atoms with van der Waals surface area (Å²) < 4.78 is 88.4. The van der Waals surface area contributed by atoms with Crippen LogP contribution in [-0.4, -0.2) is 43.6 Å². The Morgan fingerprint density at radius 3 is 2.59 bits per heavy atom. The molecule has 1 saturated heterocycles. The topological polar surface area (TPSA) is 118 Å². The molecular formula is C23H19FN2O6S5. The number of benzene rings is 2. The van der Waals surface area contributed by atoms with Gasteiger partial charge in [-0.2, -0.15) is 4.57 Å². The number of hydrogen-bond acceptors (Lipinski definition) is 9. The van der Waals surface area contributed by atoms with E-state index in [1.54, 1.807) is 17.4 Å². The van der Waals surface area contributed by atoms with Gasteiger partial charge in [-0.15, -0.1) is 0 Å². The van der Waals surface area contributed by atoms with Crippen LogP contribution in [0.3, 0.4) is 0 Å². The highest BCUT2D eigenvalue weighted by Gasteiger charge is 2.60. The van der Waals surface area contributed by atoms with E-state index in [1.807, 2.05) is 34.9 Å². The zero-order valence-electron chi connectivity index (χ0n) is 19.0. The third kappa shape index (κ3) is 4.23. The number of thiazole rings is 1. The molecule has 2 aliphatic heterocycles. The minimum absolute atomic E-state index is 0.114. The van der Waals surface area contributed by atoms with Gasteiger partial charge in [0.2, 0.25) is 0 Å². The quantitative estimate of drug-likeness (QED) is 0.186. The van der Waals surface area contributed by atoms with Crippen LogP contribution in [0, 0.1) is 5.82 Å². The smallest absolute Gasteiger partial charge is 0.281 e. The number of aromatic nitrogens is 1. The fourth-order valence-electron chi connectivity index (χ4n) is 5.10. The van der Waals surface area contributed by atoms with Gasteiger partial charge in [0, 0.05) is 28.3 Å². The normalized spacial score (nSPS) is 22.8. The van der Waals surface area contributed by atoms with Crippen molar-refractivity contribution in [2.75, 3.05) is 12.3 Å². The van der Waals surface area contributed by atoms with Crippen LogP contribution in [0.15, 0.2) is 52.4 Å². The Bertz CT molecular complexity index is 1830. The third-order valence-electron chi connectivity index (χ3n) is 6.79. The number of halogens is 1. The Balaban J connectivity index is 1.53. The highest BCUT2D eigenvalue weighted by Crippen LogP contribution is 2.58. The van der Waals surface area contributed by atoms with E-state index in [0.29, 0.717) is 22.2 Å². The Kier molecular flexibility index (Phi) is 6.04. The minimum atomic E-state index is -4.68. The predicted octanol–water partition coefficient (Wildman–Crippen LogP) is 4.16. The molecule has 194 valence electrons. The summed E-state index contributed by atoms with van der Waals surface area (Å²) in [7, 11) is -9.06. The standard InChI is InChI=1S/C23H19FN2O6S5/c24-14-6-7-18-16(12-14)26(10-8-21(26)37(30,31)32)20(33-18)13-19-25(9-3-11-36(27,28)29)23-22(35-19)15-4-1-2-5-17(15)34-23/h1-2,4-7,12-13,21H,3,8-11H2. The number of nitrogens with zero attached hydrogens (tertiary/aromatic N) is 2. The summed E-state index contributed by atoms with van der Waals surface area (Å²) in [6, 6.07) is 12.1. The Labute approximate surface area is 224 Å². The van der Waals surface area contributed by atoms with E-state index in [-0.39, 0.29) is 23.9 Å². The van der Waals surface area contributed by atoms with Crippen molar-refractivity contribution in [2.45, 2.75) is 29.7 Å². The summed E-state index contributed by atoms with van der Waals surface area (Å²) >= 11 is 4.33. The molecule has 0 bridgehead atoms. The lowest BCUT2D eigenvalue weighted by molar-refractivity contribution is -0.666. The molecule has 2 aromatic heterocycles. The van der Waals surface area contributed by atoms with Crippen molar-refractivity contribution < 1.29 is 34.9 Å². The first-order valence-electron chi connectivity index (χ1n) is 11.3. The summed E-state index contributed by atoms with van der Waals surface area (Å²) in [5.74, 6) is -1.02. The highest BCUT2D eigenvalue weighted by molar-refractivity contribution is 8.03. The number of thiophene rings is 1. The molecule has 4 aromatic rings. The van der Waals surface area contributed by atoms with Gasteiger partial charge in [0.15, 0.2) is 32.8 Å². The maximum absolute atomic E-state index is 14.2. The Morgan fingerprint density at radius 2 is 1.89 bits per heavy atom. The predicted molar refractivity (Wildman–Crippen MR) is 142 cm³/mol. The van der Waals surface area contributed by atoms with Gasteiger partial charge >= 0.3 is 0 Å². The van der Waals surface area contributed by atoms with Crippen molar-refractivity contribution in [3.8, 4) is 0 Å². The van der Waals surface area contributed by atoms with Crippen LogP contribution in [-0.2, 0) is 26.8 Å². The molecule has 8 nitrogen and oxygen atoms in total. The minimum Gasteiger partial charge on any atom is -0.748 e. The first kappa shape index (κ1) is 25.4. The molecule has 0 amide bonds. The lowest BCUT2D eigenvalue weighted by Gasteiger charge is -2.49. The lowest BCUT2D eigenvalue weighted by Crippen LogP contribution is -2.66. The first-order valence-corrected chi connectivity index (χ1v) is 16.8. The Morgan fingerprint density at radius 1 is 1.11 bits per heavy atom. The van der Waals surface area contributed by atoms with Gasteiger partial charge < -0.3 is 9.11 Å².